The monoisotopic (exact) mass is 313 g/mol. The minimum atomic E-state index is -0.384. The van der Waals surface area contributed by atoms with E-state index < -0.39 is 0 Å². The summed E-state index contributed by atoms with van der Waals surface area (Å²) in [6, 6.07) is 3.90. The lowest BCUT2D eigenvalue weighted by Crippen LogP contribution is -2.44. The van der Waals surface area contributed by atoms with Crippen LogP contribution in [0, 0.1) is 0 Å². The Hall–Kier alpha value is -2.12. The van der Waals surface area contributed by atoms with Gasteiger partial charge >= 0.3 is 0 Å². The van der Waals surface area contributed by atoms with Gasteiger partial charge in [-0.25, -0.2) is 4.98 Å². The number of aromatic nitrogens is 4. The van der Waals surface area contributed by atoms with E-state index in [4.69, 9.17) is 10.3 Å². The van der Waals surface area contributed by atoms with E-state index in [0.29, 0.717) is 18.1 Å². The summed E-state index contributed by atoms with van der Waals surface area (Å²) in [5, 5.41) is 6.98. The summed E-state index contributed by atoms with van der Waals surface area (Å²) in [7, 11) is 0. The Bertz CT molecular complexity index is 778. The molecule has 7 heteroatoms. The van der Waals surface area contributed by atoms with Crippen molar-refractivity contribution < 1.29 is 4.52 Å². The third kappa shape index (κ3) is 2.42. The number of rotatable bonds is 4. The summed E-state index contributed by atoms with van der Waals surface area (Å²) < 4.78 is 5.32. The lowest BCUT2D eigenvalue weighted by molar-refractivity contribution is 0.229. The highest BCUT2D eigenvalue weighted by Gasteiger charge is 2.38. The number of nitrogens with zero attached hydrogens (tertiary/aromatic N) is 4. The molecule has 0 saturated heterocycles. The first-order chi connectivity index (χ1) is 10.7. The average Bonchev–Trinajstić information content (AvgIpc) is 3.16. The number of nitrogens with two attached hydrogens (primary N) is 1. The van der Waals surface area contributed by atoms with Crippen molar-refractivity contribution in [1.29, 1.82) is 0 Å². The van der Waals surface area contributed by atoms with Crippen LogP contribution in [-0.2, 0) is 12.0 Å². The van der Waals surface area contributed by atoms with Crippen molar-refractivity contribution in [2.45, 2.75) is 31.2 Å². The van der Waals surface area contributed by atoms with Gasteiger partial charge < -0.3 is 10.3 Å². The van der Waals surface area contributed by atoms with E-state index >= 15 is 0 Å². The molecular weight excluding hydrogens is 298 g/mol. The lowest BCUT2D eigenvalue weighted by Gasteiger charge is -2.34. The first-order valence-electron chi connectivity index (χ1n) is 7.20. The summed E-state index contributed by atoms with van der Waals surface area (Å²) in [4.78, 5) is 13.1. The van der Waals surface area contributed by atoms with E-state index in [-0.39, 0.29) is 5.54 Å². The van der Waals surface area contributed by atoms with Crippen LogP contribution in [0.5, 0.6) is 0 Å². The van der Waals surface area contributed by atoms with Crippen molar-refractivity contribution in [3.63, 3.8) is 0 Å². The number of hydrogen-bond acceptors (Lipinski definition) is 7. The quantitative estimate of drug-likeness (QED) is 0.796. The van der Waals surface area contributed by atoms with Gasteiger partial charge in [-0.2, -0.15) is 4.98 Å². The predicted molar refractivity (Wildman–Crippen MR) is 82.2 cm³/mol. The van der Waals surface area contributed by atoms with Crippen molar-refractivity contribution in [2.24, 2.45) is 5.73 Å². The SMILES string of the molecule is NC1(c2noc(Cc3csc(-c4cccnc4)n3)n2)CCC1. The van der Waals surface area contributed by atoms with E-state index in [0.717, 1.165) is 35.5 Å². The van der Waals surface area contributed by atoms with Crippen LogP contribution in [0.2, 0.25) is 0 Å². The Balaban J connectivity index is 1.51. The molecule has 0 spiro atoms. The third-order valence-corrected chi connectivity index (χ3v) is 4.89. The molecular formula is C15H15N5OS. The number of thiazole rings is 1. The highest BCUT2D eigenvalue weighted by atomic mass is 32.1. The molecule has 2 N–H and O–H groups in total. The third-order valence-electron chi connectivity index (χ3n) is 3.95. The minimum Gasteiger partial charge on any atom is -0.339 e. The smallest absolute Gasteiger partial charge is 0.232 e. The molecule has 0 aromatic carbocycles. The lowest BCUT2D eigenvalue weighted by atomic mass is 9.77. The molecule has 1 aliphatic carbocycles. The molecule has 112 valence electrons. The molecule has 4 rings (SSSR count). The molecule has 22 heavy (non-hydrogen) atoms. The fourth-order valence-electron chi connectivity index (χ4n) is 2.48. The van der Waals surface area contributed by atoms with Gasteiger partial charge in [0.2, 0.25) is 5.89 Å². The molecule has 3 aromatic rings. The van der Waals surface area contributed by atoms with Crippen LogP contribution >= 0.6 is 11.3 Å². The topological polar surface area (TPSA) is 90.7 Å². The molecule has 0 radical (unpaired) electrons. The van der Waals surface area contributed by atoms with Crippen LogP contribution in [0.1, 0.15) is 36.7 Å². The normalized spacial score (nSPS) is 16.4. The molecule has 3 aromatic heterocycles. The number of hydrogen-bond donors (Lipinski definition) is 1. The van der Waals surface area contributed by atoms with E-state index in [2.05, 4.69) is 20.1 Å². The molecule has 0 amide bonds. The molecule has 0 atom stereocenters. The second kappa shape index (κ2) is 5.26. The van der Waals surface area contributed by atoms with Crippen LogP contribution in [0.3, 0.4) is 0 Å². The van der Waals surface area contributed by atoms with E-state index in [1.54, 1.807) is 17.5 Å². The zero-order valence-electron chi connectivity index (χ0n) is 11.9. The molecule has 0 aliphatic heterocycles. The fraction of sp³-hybridized carbons (Fsp3) is 0.333. The Labute approximate surface area is 131 Å². The Morgan fingerprint density at radius 1 is 1.32 bits per heavy atom. The van der Waals surface area contributed by atoms with Crippen molar-refractivity contribution in [1.82, 2.24) is 20.1 Å². The van der Waals surface area contributed by atoms with Crippen LogP contribution in [0.4, 0.5) is 0 Å². The van der Waals surface area contributed by atoms with Crippen molar-refractivity contribution in [3.8, 4) is 10.6 Å². The Morgan fingerprint density at radius 3 is 2.95 bits per heavy atom. The zero-order chi connectivity index (χ0) is 15.0. The molecule has 1 aliphatic rings. The summed E-state index contributed by atoms with van der Waals surface area (Å²) in [5.74, 6) is 1.19. The highest BCUT2D eigenvalue weighted by Crippen LogP contribution is 2.37. The summed E-state index contributed by atoms with van der Waals surface area (Å²) in [6.07, 6.45) is 7.06. The molecule has 1 fully saturated rings. The van der Waals surface area contributed by atoms with Gasteiger partial charge in [-0.15, -0.1) is 11.3 Å². The van der Waals surface area contributed by atoms with Gasteiger partial charge in [0.25, 0.3) is 0 Å². The van der Waals surface area contributed by atoms with E-state index in [1.807, 2.05) is 23.7 Å². The van der Waals surface area contributed by atoms with Crippen LogP contribution in [-0.4, -0.2) is 20.1 Å². The maximum Gasteiger partial charge on any atom is 0.232 e. The minimum absolute atomic E-state index is 0.384. The van der Waals surface area contributed by atoms with Gasteiger partial charge in [0.1, 0.15) is 5.01 Å². The summed E-state index contributed by atoms with van der Waals surface area (Å²) in [5.41, 5.74) is 7.75. The second-order valence-electron chi connectivity index (χ2n) is 5.58. The highest BCUT2D eigenvalue weighted by molar-refractivity contribution is 7.13. The first-order valence-corrected chi connectivity index (χ1v) is 8.08. The number of pyridine rings is 1. The fourth-order valence-corrected chi connectivity index (χ4v) is 3.29. The maximum atomic E-state index is 6.21. The Morgan fingerprint density at radius 2 is 2.23 bits per heavy atom. The van der Waals surface area contributed by atoms with Crippen LogP contribution < -0.4 is 5.73 Å². The van der Waals surface area contributed by atoms with Crippen molar-refractivity contribution in [2.75, 3.05) is 0 Å². The van der Waals surface area contributed by atoms with E-state index in [9.17, 15) is 0 Å². The van der Waals surface area contributed by atoms with Crippen molar-refractivity contribution in [3.05, 3.63) is 47.3 Å². The van der Waals surface area contributed by atoms with Gasteiger partial charge in [0.05, 0.1) is 17.7 Å². The van der Waals surface area contributed by atoms with Gasteiger partial charge in [0, 0.05) is 23.3 Å². The largest absolute Gasteiger partial charge is 0.339 e. The van der Waals surface area contributed by atoms with E-state index in [1.165, 1.54) is 0 Å². The van der Waals surface area contributed by atoms with Gasteiger partial charge in [0.15, 0.2) is 5.82 Å². The van der Waals surface area contributed by atoms with Gasteiger partial charge in [-0.3, -0.25) is 4.98 Å². The van der Waals surface area contributed by atoms with Gasteiger partial charge in [-0.05, 0) is 31.4 Å². The van der Waals surface area contributed by atoms with Crippen LogP contribution in [0.25, 0.3) is 10.6 Å². The molecule has 0 bridgehead atoms. The summed E-state index contributed by atoms with van der Waals surface area (Å²) in [6.45, 7) is 0. The first kappa shape index (κ1) is 13.5. The van der Waals surface area contributed by atoms with Gasteiger partial charge in [-0.1, -0.05) is 5.16 Å². The molecule has 3 heterocycles. The predicted octanol–water partition coefficient (Wildman–Crippen LogP) is 2.52. The standard InChI is InChI=1S/C15H15N5OS/c16-15(4-2-5-15)14-19-12(21-20-14)7-11-9-22-13(18-11)10-3-1-6-17-8-10/h1,3,6,8-9H,2,4-5,7,16H2. The van der Waals surface area contributed by atoms with Crippen LogP contribution in [0.15, 0.2) is 34.4 Å². The van der Waals surface area contributed by atoms with Crippen molar-refractivity contribution >= 4 is 11.3 Å². The average molecular weight is 313 g/mol. The second-order valence-corrected chi connectivity index (χ2v) is 6.44. The zero-order valence-corrected chi connectivity index (χ0v) is 12.7. The molecule has 1 saturated carbocycles. The molecule has 0 unspecified atom stereocenters. The Kier molecular flexibility index (Phi) is 3.24. The molecule has 6 nitrogen and oxygen atoms in total. The maximum absolute atomic E-state index is 6.21. The summed E-state index contributed by atoms with van der Waals surface area (Å²) >= 11 is 1.58.